The van der Waals surface area contributed by atoms with Crippen molar-refractivity contribution in [1.29, 1.82) is 0 Å². The third-order valence-corrected chi connectivity index (χ3v) is 8.80. The number of fused-ring (bicyclic) bond motifs is 1. The molecule has 2 heterocycles. The largest absolute Gasteiger partial charge is 0.355 e. The van der Waals surface area contributed by atoms with Crippen molar-refractivity contribution in [3.8, 4) is 0 Å². The molecule has 2 N–H and O–H groups in total. The Morgan fingerprint density at radius 3 is 2.20 bits per heavy atom. The quantitative estimate of drug-likeness (QED) is 0.526. The van der Waals surface area contributed by atoms with Gasteiger partial charge in [0.1, 0.15) is 5.00 Å². The van der Waals surface area contributed by atoms with Gasteiger partial charge in [0.2, 0.25) is 10.0 Å². The molecular weight excluding hydrogens is 484 g/mol. The van der Waals surface area contributed by atoms with Gasteiger partial charge in [0, 0.05) is 43.7 Å². The lowest BCUT2D eigenvalue weighted by molar-refractivity contribution is 0.0962. The standard InChI is InChI=1S/C25H36N4O4S2/c1-16(2)13-29(14-17(3)4)35(32,33)19-9-7-18(8-10-19)23(30)27-25-22(24(31)26-5)20-11-12-28(6)15-21(20)34-25/h7-10,16-17H,11-15H2,1-6H3,(H,26,31)(H,27,30). The summed E-state index contributed by atoms with van der Waals surface area (Å²) in [6.07, 6.45) is 0.747. The van der Waals surface area contributed by atoms with E-state index in [0.29, 0.717) is 29.2 Å². The first-order valence-electron chi connectivity index (χ1n) is 11.9. The Labute approximate surface area is 212 Å². The molecular formula is C25H36N4O4S2. The fraction of sp³-hybridized carbons (Fsp3) is 0.520. The van der Waals surface area contributed by atoms with E-state index in [1.54, 1.807) is 7.05 Å². The molecule has 10 heteroatoms. The molecule has 0 saturated carbocycles. The summed E-state index contributed by atoms with van der Waals surface area (Å²) in [4.78, 5) is 29.0. The molecule has 1 aromatic carbocycles. The first kappa shape index (κ1) is 27.3. The highest BCUT2D eigenvalue weighted by atomic mass is 32.2. The number of thiophene rings is 1. The van der Waals surface area contributed by atoms with Crippen molar-refractivity contribution in [2.75, 3.05) is 39.0 Å². The number of hydrogen-bond donors (Lipinski definition) is 2. The summed E-state index contributed by atoms with van der Waals surface area (Å²) >= 11 is 1.42. The number of amides is 2. The first-order chi connectivity index (χ1) is 16.4. The van der Waals surface area contributed by atoms with Crippen LogP contribution < -0.4 is 10.6 Å². The second-order valence-electron chi connectivity index (χ2n) is 9.86. The number of sulfonamides is 1. The summed E-state index contributed by atoms with van der Waals surface area (Å²) in [6, 6.07) is 6.00. The van der Waals surface area contributed by atoms with Gasteiger partial charge in [-0.3, -0.25) is 9.59 Å². The maximum absolute atomic E-state index is 13.2. The Bertz CT molecular complexity index is 1160. The average molecular weight is 521 g/mol. The van der Waals surface area contributed by atoms with Gasteiger partial charge < -0.3 is 15.5 Å². The fourth-order valence-electron chi connectivity index (χ4n) is 4.17. The van der Waals surface area contributed by atoms with E-state index in [0.717, 1.165) is 30.0 Å². The van der Waals surface area contributed by atoms with Crippen LogP contribution in [0.15, 0.2) is 29.2 Å². The van der Waals surface area contributed by atoms with Crippen LogP contribution in [-0.4, -0.2) is 63.2 Å². The third kappa shape index (κ3) is 6.30. The Balaban J connectivity index is 1.84. The number of nitrogens with one attached hydrogen (secondary N) is 2. The highest BCUT2D eigenvalue weighted by Gasteiger charge is 2.28. The van der Waals surface area contributed by atoms with Crippen LogP contribution in [0.4, 0.5) is 5.00 Å². The van der Waals surface area contributed by atoms with E-state index < -0.39 is 10.0 Å². The van der Waals surface area contributed by atoms with Gasteiger partial charge >= 0.3 is 0 Å². The number of likely N-dealkylation sites (N-methyl/N-ethyl adjacent to an activating group) is 1. The summed E-state index contributed by atoms with van der Waals surface area (Å²) in [5.74, 6) is -0.217. The molecule has 3 rings (SSSR count). The van der Waals surface area contributed by atoms with Gasteiger partial charge in [-0.05, 0) is 55.1 Å². The number of hydrogen-bond acceptors (Lipinski definition) is 6. The van der Waals surface area contributed by atoms with E-state index in [-0.39, 0.29) is 28.5 Å². The number of carbonyl (C=O) groups is 2. The van der Waals surface area contributed by atoms with Gasteiger partial charge in [0.05, 0.1) is 10.5 Å². The van der Waals surface area contributed by atoms with E-state index in [1.165, 1.54) is 39.9 Å². The summed E-state index contributed by atoms with van der Waals surface area (Å²) < 4.78 is 28.0. The predicted molar refractivity (Wildman–Crippen MR) is 141 cm³/mol. The molecule has 0 aliphatic carbocycles. The molecule has 1 aliphatic rings. The SMILES string of the molecule is CNC(=O)c1c(NC(=O)c2ccc(S(=O)(=O)N(CC(C)C)CC(C)C)cc2)sc2c1CCN(C)C2. The lowest BCUT2D eigenvalue weighted by Gasteiger charge is -2.25. The second-order valence-corrected chi connectivity index (χ2v) is 12.9. The molecule has 0 bridgehead atoms. The molecule has 1 aliphatic heterocycles. The minimum absolute atomic E-state index is 0.163. The molecule has 35 heavy (non-hydrogen) atoms. The molecule has 0 fully saturated rings. The zero-order chi connectivity index (χ0) is 25.9. The van der Waals surface area contributed by atoms with Crippen LogP contribution in [0.3, 0.4) is 0 Å². The smallest absolute Gasteiger partial charge is 0.256 e. The van der Waals surface area contributed by atoms with Gasteiger partial charge in [0.25, 0.3) is 11.8 Å². The Hall–Kier alpha value is -2.27. The highest BCUT2D eigenvalue weighted by molar-refractivity contribution is 7.89. The van der Waals surface area contributed by atoms with Crippen LogP contribution in [0.25, 0.3) is 0 Å². The van der Waals surface area contributed by atoms with E-state index in [9.17, 15) is 18.0 Å². The summed E-state index contributed by atoms with van der Waals surface area (Å²) in [5, 5.41) is 6.08. The molecule has 0 saturated heterocycles. The molecule has 0 spiro atoms. The number of nitrogens with zero attached hydrogens (tertiary/aromatic N) is 2. The average Bonchev–Trinajstić information content (AvgIpc) is 3.14. The van der Waals surface area contributed by atoms with Gasteiger partial charge in [-0.15, -0.1) is 11.3 Å². The van der Waals surface area contributed by atoms with Crippen LogP contribution in [0.1, 0.15) is 58.9 Å². The third-order valence-electron chi connectivity index (χ3n) is 5.82. The van der Waals surface area contributed by atoms with Gasteiger partial charge in [-0.1, -0.05) is 27.7 Å². The van der Waals surface area contributed by atoms with Crippen LogP contribution in [-0.2, 0) is 23.0 Å². The van der Waals surface area contributed by atoms with E-state index in [1.807, 2.05) is 34.7 Å². The molecule has 192 valence electrons. The highest BCUT2D eigenvalue weighted by Crippen LogP contribution is 2.37. The van der Waals surface area contributed by atoms with E-state index in [2.05, 4.69) is 15.5 Å². The Morgan fingerprint density at radius 1 is 1.06 bits per heavy atom. The monoisotopic (exact) mass is 520 g/mol. The Kier molecular flexibility index (Phi) is 8.74. The van der Waals surface area contributed by atoms with Crippen LogP contribution >= 0.6 is 11.3 Å². The number of rotatable bonds is 9. The Morgan fingerprint density at radius 2 is 1.66 bits per heavy atom. The van der Waals surface area contributed by atoms with E-state index >= 15 is 0 Å². The van der Waals surface area contributed by atoms with Crippen molar-refractivity contribution in [2.24, 2.45) is 11.8 Å². The van der Waals surface area contributed by atoms with Gasteiger partial charge in [0.15, 0.2) is 0 Å². The lowest BCUT2D eigenvalue weighted by Crippen LogP contribution is -2.37. The van der Waals surface area contributed by atoms with Crippen LogP contribution in [0, 0.1) is 11.8 Å². The lowest BCUT2D eigenvalue weighted by atomic mass is 10.0. The van der Waals surface area contributed by atoms with Crippen LogP contribution in [0.2, 0.25) is 0 Å². The molecule has 1 aromatic heterocycles. The maximum atomic E-state index is 13.2. The zero-order valence-corrected chi connectivity index (χ0v) is 23.0. The van der Waals surface area contributed by atoms with Crippen molar-refractivity contribution in [2.45, 2.75) is 45.6 Å². The summed E-state index contributed by atoms with van der Waals surface area (Å²) in [5.41, 5.74) is 1.83. The van der Waals surface area contributed by atoms with Gasteiger partial charge in [-0.2, -0.15) is 4.31 Å². The fourth-order valence-corrected chi connectivity index (χ4v) is 7.26. The summed E-state index contributed by atoms with van der Waals surface area (Å²) in [6.45, 7) is 10.4. The van der Waals surface area contributed by atoms with Crippen molar-refractivity contribution in [1.82, 2.24) is 14.5 Å². The number of carbonyl (C=O) groups excluding carboxylic acids is 2. The summed E-state index contributed by atoms with van der Waals surface area (Å²) in [7, 11) is -0.0705. The second kappa shape index (κ2) is 11.2. The van der Waals surface area contributed by atoms with Crippen molar-refractivity contribution in [3.63, 3.8) is 0 Å². The minimum atomic E-state index is -3.68. The van der Waals surface area contributed by atoms with Gasteiger partial charge in [-0.25, -0.2) is 8.42 Å². The molecule has 2 amide bonds. The predicted octanol–water partition coefficient (Wildman–Crippen LogP) is 3.65. The van der Waals surface area contributed by atoms with Crippen molar-refractivity contribution in [3.05, 3.63) is 45.8 Å². The molecule has 8 nitrogen and oxygen atoms in total. The van der Waals surface area contributed by atoms with Crippen molar-refractivity contribution >= 4 is 38.2 Å². The molecule has 0 radical (unpaired) electrons. The minimum Gasteiger partial charge on any atom is -0.355 e. The molecule has 2 aromatic rings. The number of benzene rings is 1. The normalized spacial score (nSPS) is 14.4. The molecule has 0 unspecified atom stereocenters. The number of anilines is 1. The van der Waals surface area contributed by atoms with Crippen molar-refractivity contribution < 1.29 is 18.0 Å². The first-order valence-corrected chi connectivity index (χ1v) is 14.2. The van der Waals surface area contributed by atoms with E-state index in [4.69, 9.17) is 0 Å². The molecule has 0 atom stereocenters. The maximum Gasteiger partial charge on any atom is 0.256 e. The topological polar surface area (TPSA) is 98.8 Å². The van der Waals surface area contributed by atoms with Crippen LogP contribution in [0.5, 0.6) is 0 Å². The zero-order valence-electron chi connectivity index (χ0n) is 21.3.